The molecule has 1 aliphatic rings. The largest absolute Gasteiger partial charge is 0.445 e. The average molecular weight is 554 g/mol. The van der Waals surface area contributed by atoms with E-state index in [-0.39, 0.29) is 41.3 Å². The van der Waals surface area contributed by atoms with Crippen LogP contribution in [0.4, 0.5) is 15.6 Å². The fourth-order valence-corrected chi connectivity index (χ4v) is 3.76. The van der Waals surface area contributed by atoms with Crippen LogP contribution in [-0.4, -0.2) is 71.1 Å². The number of halogens is 1. The zero-order valence-electron chi connectivity index (χ0n) is 19.1. The molecule has 3 rings (SSSR count). The smallest absolute Gasteiger partial charge is 0.407 e. The highest BCUT2D eigenvalue weighted by molar-refractivity contribution is 7.14. The molecule has 2 atom stereocenters. The number of rotatable bonds is 11. The van der Waals surface area contributed by atoms with Gasteiger partial charge in [-0.3, -0.25) is 24.5 Å². The Morgan fingerprint density at radius 3 is 2.65 bits per heavy atom. The number of nitro benzene ring substituents is 1. The number of alkyl halides is 1. The Kier molecular flexibility index (Phi) is 9.28. The summed E-state index contributed by atoms with van der Waals surface area (Å²) in [6.45, 7) is -0.184. The molecule has 0 bridgehead atoms. The van der Waals surface area contributed by atoms with E-state index >= 15 is 0 Å². The molecule has 0 aliphatic carbocycles. The highest BCUT2D eigenvalue weighted by atomic mass is 35.5. The number of hydrogen-bond donors (Lipinski definition) is 4. The molecule has 0 radical (unpaired) electrons. The van der Waals surface area contributed by atoms with E-state index in [4.69, 9.17) is 21.2 Å². The van der Waals surface area contributed by atoms with Crippen LogP contribution in [0.3, 0.4) is 0 Å². The SMILES string of the molecule is CON=C(C(=O)N[C@@H]1C(=O)N[C@@H]1CNC(=O)OCc1ccc([N+](=O)[O-])cc1)c1csc(NC(=O)CCl)n1. The van der Waals surface area contributed by atoms with Gasteiger partial charge in [-0.2, -0.15) is 0 Å². The maximum atomic E-state index is 12.8. The molecular weight excluding hydrogens is 534 g/mol. The van der Waals surface area contributed by atoms with Gasteiger partial charge in [0.15, 0.2) is 10.8 Å². The van der Waals surface area contributed by atoms with E-state index in [2.05, 4.69) is 31.4 Å². The van der Waals surface area contributed by atoms with Gasteiger partial charge in [-0.05, 0) is 17.7 Å². The van der Waals surface area contributed by atoms with E-state index in [1.165, 1.54) is 36.8 Å². The Morgan fingerprint density at radius 1 is 1.30 bits per heavy atom. The third-order valence-electron chi connectivity index (χ3n) is 4.79. The van der Waals surface area contributed by atoms with Gasteiger partial charge in [-0.15, -0.1) is 22.9 Å². The summed E-state index contributed by atoms with van der Waals surface area (Å²) in [5, 5.41) is 26.0. The van der Waals surface area contributed by atoms with E-state index in [0.29, 0.717) is 5.56 Å². The zero-order valence-corrected chi connectivity index (χ0v) is 20.6. The number of nitrogens with zero attached hydrogens (tertiary/aromatic N) is 3. The molecule has 2 aromatic rings. The van der Waals surface area contributed by atoms with Crippen molar-refractivity contribution in [3.8, 4) is 0 Å². The number of alkyl carbamates (subject to hydrolysis) is 1. The third kappa shape index (κ3) is 7.34. The summed E-state index contributed by atoms with van der Waals surface area (Å²) in [5.74, 6) is -2.01. The van der Waals surface area contributed by atoms with E-state index < -0.39 is 40.8 Å². The number of carbonyl (C=O) groups is 4. The first-order valence-electron chi connectivity index (χ1n) is 10.4. The van der Waals surface area contributed by atoms with Gasteiger partial charge in [-0.1, -0.05) is 5.16 Å². The van der Waals surface area contributed by atoms with Crippen LogP contribution in [0.2, 0.25) is 0 Å². The summed E-state index contributed by atoms with van der Waals surface area (Å²) >= 11 is 6.48. The molecule has 1 aromatic heterocycles. The zero-order chi connectivity index (χ0) is 26.9. The molecule has 17 heteroatoms. The van der Waals surface area contributed by atoms with Gasteiger partial charge in [0.25, 0.3) is 11.6 Å². The molecule has 0 unspecified atom stereocenters. The Morgan fingerprint density at radius 2 is 2.03 bits per heavy atom. The van der Waals surface area contributed by atoms with Crippen molar-refractivity contribution < 1.29 is 33.7 Å². The molecule has 15 nitrogen and oxygen atoms in total. The fourth-order valence-electron chi connectivity index (χ4n) is 2.98. The molecule has 1 fully saturated rings. The first kappa shape index (κ1) is 27.3. The summed E-state index contributed by atoms with van der Waals surface area (Å²) in [5.41, 5.74) is 0.312. The van der Waals surface area contributed by atoms with E-state index in [1.54, 1.807) is 0 Å². The first-order valence-corrected chi connectivity index (χ1v) is 11.8. The number of hydrogen-bond acceptors (Lipinski definition) is 11. The van der Waals surface area contributed by atoms with Crippen LogP contribution in [0.5, 0.6) is 0 Å². The minimum atomic E-state index is -0.987. The normalized spacial score (nSPS) is 16.6. The molecule has 0 saturated carbocycles. The van der Waals surface area contributed by atoms with Gasteiger partial charge in [0.05, 0.1) is 11.0 Å². The number of thiazole rings is 1. The number of carbonyl (C=O) groups excluding carboxylic acids is 4. The fraction of sp³-hybridized carbons (Fsp3) is 0.300. The molecule has 2 heterocycles. The number of nitrogens with one attached hydrogen (secondary N) is 4. The van der Waals surface area contributed by atoms with Crippen LogP contribution < -0.4 is 21.3 Å². The lowest BCUT2D eigenvalue weighted by molar-refractivity contribution is -0.384. The minimum Gasteiger partial charge on any atom is -0.445 e. The minimum absolute atomic E-state index is 0.0577. The molecule has 4 amide bonds. The lowest BCUT2D eigenvalue weighted by atomic mass is 9.98. The molecule has 0 spiro atoms. The monoisotopic (exact) mass is 553 g/mol. The second-order valence-corrected chi connectivity index (χ2v) is 8.41. The number of oxime groups is 1. The topological polar surface area (TPSA) is 203 Å². The van der Waals surface area contributed by atoms with Crippen LogP contribution in [0.15, 0.2) is 34.8 Å². The Bertz CT molecular complexity index is 1220. The standard InChI is InChI=1S/C20H20ClN7O8S/c1-35-27-16(13-9-37-19(24-13)25-14(29)6-21)18(31)26-15-12(23-17(15)30)7-22-20(32)36-8-10-2-4-11(5-3-10)28(33)34/h2-5,9,12,15H,6-8H2,1H3,(H,22,32)(H,23,30)(H,26,31)(H,24,25,29)/t12-,15+/m1/s1. The number of benzene rings is 1. The number of nitro groups is 1. The number of anilines is 1. The van der Waals surface area contributed by atoms with Gasteiger partial charge in [0.2, 0.25) is 11.8 Å². The molecular formula is C20H20ClN7O8S. The molecule has 196 valence electrons. The Hall–Kier alpha value is -4.31. The summed E-state index contributed by atoms with van der Waals surface area (Å²) in [6, 6.07) is 3.87. The van der Waals surface area contributed by atoms with Gasteiger partial charge < -0.3 is 30.8 Å². The maximum absolute atomic E-state index is 12.8. The second kappa shape index (κ2) is 12.6. The van der Waals surface area contributed by atoms with Crippen molar-refractivity contribution in [3.05, 3.63) is 51.0 Å². The highest BCUT2D eigenvalue weighted by Crippen LogP contribution is 2.17. The van der Waals surface area contributed by atoms with Crippen LogP contribution >= 0.6 is 22.9 Å². The van der Waals surface area contributed by atoms with Crippen LogP contribution in [-0.2, 0) is 30.6 Å². The highest BCUT2D eigenvalue weighted by Gasteiger charge is 2.41. The van der Waals surface area contributed by atoms with E-state index in [0.717, 1.165) is 11.3 Å². The van der Waals surface area contributed by atoms with Crippen LogP contribution in [0.25, 0.3) is 0 Å². The Balaban J connectivity index is 1.51. The number of non-ortho nitro benzene ring substituents is 1. The van der Waals surface area contributed by atoms with Crippen LogP contribution in [0, 0.1) is 10.1 Å². The van der Waals surface area contributed by atoms with Crippen molar-refractivity contribution in [1.82, 2.24) is 20.9 Å². The van der Waals surface area contributed by atoms with Crippen molar-refractivity contribution in [3.63, 3.8) is 0 Å². The van der Waals surface area contributed by atoms with Gasteiger partial charge >= 0.3 is 6.09 Å². The van der Waals surface area contributed by atoms with Crippen molar-refractivity contribution in [2.75, 3.05) is 24.9 Å². The number of aromatic nitrogens is 1. The van der Waals surface area contributed by atoms with Crippen molar-refractivity contribution in [2.24, 2.45) is 5.16 Å². The van der Waals surface area contributed by atoms with E-state index in [1.807, 2.05) is 0 Å². The van der Waals surface area contributed by atoms with Crippen LogP contribution in [0.1, 0.15) is 11.3 Å². The number of β-lactam (4-membered cyclic amide) rings is 1. The van der Waals surface area contributed by atoms with Gasteiger partial charge in [-0.25, -0.2) is 9.78 Å². The lowest BCUT2D eigenvalue weighted by Gasteiger charge is -2.36. The van der Waals surface area contributed by atoms with Crippen molar-refractivity contribution in [2.45, 2.75) is 18.7 Å². The predicted octanol–water partition coefficient (Wildman–Crippen LogP) is 0.489. The molecule has 1 saturated heterocycles. The maximum Gasteiger partial charge on any atom is 0.407 e. The first-order chi connectivity index (χ1) is 17.7. The third-order valence-corrected chi connectivity index (χ3v) is 5.80. The molecule has 37 heavy (non-hydrogen) atoms. The van der Waals surface area contributed by atoms with Gasteiger partial charge in [0.1, 0.15) is 31.3 Å². The molecule has 1 aromatic carbocycles. The molecule has 1 aliphatic heterocycles. The molecule has 4 N–H and O–H groups in total. The summed E-state index contributed by atoms with van der Waals surface area (Å²) in [7, 11) is 1.22. The quantitative estimate of drug-likeness (QED) is 0.100. The van der Waals surface area contributed by atoms with Crippen molar-refractivity contribution in [1.29, 1.82) is 0 Å². The summed E-state index contributed by atoms with van der Waals surface area (Å²) in [4.78, 5) is 67.2. The van der Waals surface area contributed by atoms with Gasteiger partial charge in [0, 0.05) is 24.1 Å². The summed E-state index contributed by atoms with van der Waals surface area (Å²) in [6.07, 6.45) is -0.791. The number of amides is 4. The summed E-state index contributed by atoms with van der Waals surface area (Å²) < 4.78 is 5.06. The van der Waals surface area contributed by atoms with Crippen molar-refractivity contribution >= 4 is 63.3 Å². The number of ether oxygens (including phenoxy) is 1. The lowest BCUT2D eigenvalue weighted by Crippen LogP contribution is -2.72. The van der Waals surface area contributed by atoms with E-state index in [9.17, 15) is 29.3 Å². The Labute approximate surface area is 217 Å². The average Bonchev–Trinajstić information content (AvgIpc) is 3.34. The second-order valence-electron chi connectivity index (χ2n) is 7.29. The predicted molar refractivity (Wildman–Crippen MR) is 130 cm³/mol.